The molecule has 0 radical (unpaired) electrons. The number of rotatable bonds is 7. The quantitative estimate of drug-likeness (QED) is 0.574. The summed E-state index contributed by atoms with van der Waals surface area (Å²) in [7, 11) is 1.50. The SMILES string of the molecule is COc1ncccc1C(=O)N1CCc2c(c(C(=O)NC3CC3)nn2CCc2scnc2C)C1. The van der Waals surface area contributed by atoms with Gasteiger partial charge in [-0.25, -0.2) is 9.97 Å². The fraction of sp³-hybridized carbons (Fsp3) is 0.435. The highest BCUT2D eigenvalue weighted by molar-refractivity contribution is 7.09. The Kier molecular flexibility index (Phi) is 5.84. The Hall–Kier alpha value is -3.27. The van der Waals surface area contributed by atoms with Crippen molar-refractivity contribution in [2.75, 3.05) is 13.7 Å². The maximum absolute atomic E-state index is 13.3. The number of amides is 2. The molecule has 2 amide bonds. The summed E-state index contributed by atoms with van der Waals surface area (Å²) in [6.07, 6.45) is 5.05. The molecule has 172 valence electrons. The monoisotopic (exact) mass is 466 g/mol. The highest BCUT2D eigenvalue weighted by Crippen LogP contribution is 2.27. The molecule has 2 aliphatic rings. The van der Waals surface area contributed by atoms with Crippen LogP contribution in [0.4, 0.5) is 0 Å². The minimum Gasteiger partial charge on any atom is -0.480 e. The summed E-state index contributed by atoms with van der Waals surface area (Å²) in [5.74, 6) is -0.0162. The minimum absolute atomic E-state index is 0.158. The first kappa shape index (κ1) is 21.6. The van der Waals surface area contributed by atoms with E-state index in [1.807, 2.05) is 17.1 Å². The van der Waals surface area contributed by atoms with E-state index in [1.165, 1.54) is 12.0 Å². The summed E-state index contributed by atoms with van der Waals surface area (Å²) in [6, 6.07) is 3.67. The molecule has 3 aromatic heterocycles. The summed E-state index contributed by atoms with van der Waals surface area (Å²) in [5, 5.41) is 7.77. The molecule has 0 spiro atoms. The fourth-order valence-electron chi connectivity index (χ4n) is 4.17. The molecule has 0 unspecified atom stereocenters. The van der Waals surface area contributed by atoms with Gasteiger partial charge in [0.25, 0.3) is 11.8 Å². The first-order chi connectivity index (χ1) is 16.0. The summed E-state index contributed by atoms with van der Waals surface area (Å²) in [4.78, 5) is 37.7. The molecule has 0 saturated heterocycles. The van der Waals surface area contributed by atoms with Gasteiger partial charge in [-0.2, -0.15) is 5.10 Å². The molecule has 1 N–H and O–H groups in total. The molecule has 5 rings (SSSR count). The number of aromatic nitrogens is 4. The van der Waals surface area contributed by atoms with Gasteiger partial charge in [-0.3, -0.25) is 14.3 Å². The van der Waals surface area contributed by atoms with E-state index >= 15 is 0 Å². The number of methoxy groups -OCH3 is 1. The highest BCUT2D eigenvalue weighted by atomic mass is 32.1. The zero-order valence-electron chi connectivity index (χ0n) is 18.7. The van der Waals surface area contributed by atoms with E-state index in [0.717, 1.165) is 36.2 Å². The van der Waals surface area contributed by atoms with E-state index in [9.17, 15) is 9.59 Å². The van der Waals surface area contributed by atoms with Crippen LogP contribution in [-0.4, -0.2) is 56.2 Å². The van der Waals surface area contributed by atoms with E-state index in [-0.39, 0.29) is 17.9 Å². The van der Waals surface area contributed by atoms with Crippen LogP contribution in [0, 0.1) is 6.92 Å². The lowest BCUT2D eigenvalue weighted by molar-refractivity contribution is 0.0726. The predicted octanol–water partition coefficient (Wildman–Crippen LogP) is 2.39. The first-order valence-electron chi connectivity index (χ1n) is 11.1. The number of carbonyl (C=O) groups excluding carboxylic acids is 2. The van der Waals surface area contributed by atoms with E-state index in [0.29, 0.717) is 43.2 Å². The standard InChI is InChI=1S/C23H26N6O3S/c1-14-19(33-13-25-14)8-11-29-18-7-10-28(23(31)16-4-3-9-24-22(16)32-2)12-17(18)20(27-29)21(30)26-15-5-6-15/h3-4,9,13,15H,5-8,10-12H2,1-2H3,(H,26,30). The lowest BCUT2D eigenvalue weighted by atomic mass is 10.0. The van der Waals surface area contributed by atoms with Crippen LogP contribution in [0.5, 0.6) is 5.88 Å². The second-order valence-corrected chi connectivity index (χ2v) is 9.33. The second kappa shape index (κ2) is 8.93. The van der Waals surface area contributed by atoms with Crippen LogP contribution in [0.25, 0.3) is 0 Å². The average Bonchev–Trinajstić information content (AvgIpc) is 3.44. The Morgan fingerprint density at radius 3 is 2.88 bits per heavy atom. The summed E-state index contributed by atoms with van der Waals surface area (Å²) in [6.45, 7) is 3.56. The third kappa shape index (κ3) is 4.35. The lowest BCUT2D eigenvalue weighted by Gasteiger charge is -2.28. The van der Waals surface area contributed by atoms with Gasteiger partial charge >= 0.3 is 0 Å². The van der Waals surface area contributed by atoms with E-state index in [2.05, 4.69) is 15.3 Å². The normalized spacial score (nSPS) is 15.3. The van der Waals surface area contributed by atoms with Crippen LogP contribution in [-0.2, 0) is 25.9 Å². The minimum atomic E-state index is -0.160. The number of nitrogens with one attached hydrogen (secondary N) is 1. The van der Waals surface area contributed by atoms with Gasteiger partial charge in [-0.05, 0) is 31.9 Å². The fourth-order valence-corrected chi connectivity index (χ4v) is 4.94. The smallest absolute Gasteiger partial charge is 0.272 e. The molecule has 33 heavy (non-hydrogen) atoms. The van der Waals surface area contributed by atoms with Crippen LogP contribution in [0.15, 0.2) is 23.8 Å². The van der Waals surface area contributed by atoms with Crippen LogP contribution in [0.1, 0.15) is 55.5 Å². The van der Waals surface area contributed by atoms with Gasteiger partial charge in [0.1, 0.15) is 5.56 Å². The summed E-state index contributed by atoms with van der Waals surface area (Å²) in [5.41, 5.74) is 5.59. The van der Waals surface area contributed by atoms with Crippen molar-refractivity contribution in [1.29, 1.82) is 0 Å². The number of nitrogens with zero attached hydrogens (tertiary/aromatic N) is 5. The van der Waals surface area contributed by atoms with Gasteiger partial charge in [0.05, 0.1) is 24.9 Å². The number of carbonyl (C=O) groups is 2. The van der Waals surface area contributed by atoms with Gasteiger partial charge < -0.3 is 15.0 Å². The number of fused-ring (bicyclic) bond motifs is 1. The van der Waals surface area contributed by atoms with Gasteiger partial charge in [0, 0.05) is 54.3 Å². The van der Waals surface area contributed by atoms with Crippen molar-refractivity contribution in [3.05, 3.63) is 56.9 Å². The number of aryl methyl sites for hydroxylation is 3. The largest absolute Gasteiger partial charge is 0.480 e. The van der Waals surface area contributed by atoms with Gasteiger partial charge in [-0.1, -0.05) is 0 Å². The van der Waals surface area contributed by atoms with Crippen molar-refractivity contribution in [2.24, 2.45) is 0 Å². The highest BCUT2D eigenvalue weighted by Gasteiger charge is 2.33. The Balaban J connectivity index is 1.42. The van der Waals surface area contributed by atoms with Gasteiger partial charge in [-0.15, -0.1) is 11.3 Å². The molecule has 10 heteroatoms. The van der Waals surface area contributed by atoms with Gasteiger partial charge in [0.15, 0.2) is 5.69 Å². The first-order valence-corrected chi connectivity index (χ1v) is 12.0. The molecule has 0 atom stereocenters. The summed E-state index contributed by atoms with van der Waals surface area (Å²) >= 11 is 1.64. The topological polar surface area (TPSA) is 102 Å². The van der Waals surface area contributed by atoms with Crippen LogP contribution >= 0.6 is 11.3 Å². The number of hydrogen-bond acceptors (Lipinski definition) is 7. The molecular formula is C23H26N6O3S. The Morgan fingerprint density at radius 2 is 2.15 bits per heavy atom. The predicted molar refractivity (Wildman–Crippen MR) is 123 cm³/mol. The number of thiazole rings is 1. The Bertz CT molecular complexity index is 1200. The average molecular weight is 467 g/mol. The van der Waals surface area contributed by atoms with Crippen molar-refractivity contribution >= 4 is 23.2 Å². The molecule has 1 aliphatic carbocycles. The zero-order chi connectivity index (χ0) is 22.9. The third-order valence-electron chi connectivity index (χ3n) is 6.14. The van der Waals surface area contributed by atoms with E-state index < -0.39 is 0 Å². The molecule has 1 saturated carbocycles. The van der Waals surface area contributed by atoms with Crippen molar-refractivity contribution < 1.29 is 14.3 Å². The number of ether oxygens (including phenoxy) is 1. The molecule has 1 aliphatic heterocycles. The van der Waals surface area contributed by atoms with Crippen molar-refractivity contribution in [1.82, 2.24) is 30.0 Å². The third-order valence-corrected chi connectivity index (χ3v) is 7.13. The van der Waals surface area contributed by atoms with Gasteiger partial charge in [0.2, 0.25) is 5.88 Å². The second-order valence-electron chi connectivity index (χ2n) is 8.39. The maximum atomic E-state index is 13.3. The molecular weight excluding hydrogens is 440 g/mol. The Morgan fingerprint density at radius 1 is 1.30 bits per heavy atom. The van der Waals surface area contributed by atoms with Crippen LogP contribution in [0.3, 0.4) is 0 Å². The Labute approximate surface area is 195 Å². The molecule has 4 heterocycles. The summed E-state index contributed by atoms with van der Waals surface area (Å²) < 4.78 is 7.22. The number of pyridine rings is 1. The molecule has 1 fully saturated rings. The van der Waals surface area contributed by atoms with Crippen molar-refractivity contribution in [3.63, 3.8) is 0 Å². The molecule has 9 nitrogen and oxygen atoms in total. The zero-order valence-corrected chi connectivity index (χ0v) is 19.5. The van der Waals surface area contributed by atoms with Crippen LogP contribution in [0.2, 0.25) is 0 Å². The van der Waals surface area contributed by atoms with Crippen LogP contribution < -0.4 is 10.1 Å². The van der Waals surface area contributed by atoms with E-state index in [4.69, 9.17) is 9.84 Å². The molecule has 0 bridgehead atoms. The lowest BCUT2D eigenvalue weighted by Crippen LogP contribution is -2.37. The molecule has 0 aromatic carbocycles. The van der Waals surface area contributed by atoms with Crippen molar-refractivity contribution in [3.8, 4) is 5.88 Å². The van der Waals surface area contributed by atoms with E-state index in [1.54, 1.807) is 34.6 Å². The number of hydrogen-bond donors (Lipinski definition) is 1. The maximum Gasteiger partial charge on any atom is 0.272 e. The van der Waals surface area contributed by atoms with Crippen molar-refractivity contribution in [2.45, 2.75) is 51.7 Å². The molecule has 3 aromatic rings.